The van der Waals surface area contributed by atoms with Crippen molar-refractivity contribution in [1.82, 2.24) is 0 Å². The smallest absolute Gasteiger partial charge is 0.231 e. The average molecular weight is 467 g/mol. The van der Waals surface area contributed by atoms with Crippen molar-refractivity contribution < 1.29 is 24.2 Å². The third-order valence-corrected chi connectivity index (χ3v) is 9.46. The SMILES string of the molecule is COc1c2c(cc3c1[C@@H](C[C@H](O)c1cc4c(cc1C)C(C)(C)[C@@H](C)C4(C)C)[NH+](C)CC3)OCO2. The summed E-state index contributed by atoms with van der Waals surface area (Å²) in [5.74, 6) is 2.75. The molecule has 1 aliphatic carbocycles. The van der Waals surface area contributed by atoms with Crippen LogP contribution in [0.1, 0.15) is 86.6 Å². The molecule has 2 heterocycles. The maximum absolute atomic E-state index is 11.6. The summed E-state index contributed by atoms with van der Waals surface area (Å²) in [7, 11) is 3.91. The van der Waals surface area contributed by atoms with Crippen molar-refractivity contribution >= 4 is 0 Å². The largest absolute Gasteiger partial charge is 0.492 e. The van der Waals surface area contributed by atoms with E-state index in [-0.39, 0.29) is 23.7 Å². The second kappa shape index (κ2) is 7.89. The Balaban J connectivity index is 1.54. The quantitative estimate of drug-likeness (QED) is 0.710. The number of hydrogen-bond acceptors (Lipinski definition) is 4. The van der Waals surface area contributed by atoms with E-state index in [1.54, 1.807) is 7.11 Å². The molecule has 5 heteroatoms. The predicted octanol–water partition coefficient (Wildman–Crippen LogP) is 4.17. The van der Waals surface area contributed by atoms with Crippen molar-refractivity contribution in [3.8, 4) is 17.2 Å². The third kappa shape index (κ3) is 3.27. The second-order valence-corrected chi connectivity index (χ2v) is 11.8. The Bertz CT molecular complexity index is 1140. The maximum atomic E-state index is 11.6. The fraction of sp³-hybridized carbons (Fsp3) is 0.586. The predicted molar refractivity (Wildman–Crippen MR) is 133 cm³/mol. The van der Waals surface area contributed by atoms with E-state index >= 15 is 0 Å². The molecule has 0 aromatic heterocycles. The Morgan fingerprint density at radius 3 is 2.47 bits per heavy atom. The van der Waals surface area contributed by atoms with E-state index in [2.05, 4.69) is 66.8 Å². The first-order chi connectivity index (χ1) is 16.0. The van der Waals surface area contributed by atoms with Crippen LogP contribution in [0.2, 0.25) is 0 Å². The van der Waals surface area contributed by atoms with Crippen molar-refractivity contribution in [2.24, 2.45) is 5.92 Å². The van der Waals surface area contributed by atoms with Gasteiger partial charge in [0.15, 0.2) is 11.5 Å². The second-order valence-electron chi connectivity index (χ2n) is 11.8. The van der Waals surface area contributed by atoms with Crippen molar-refractivity contribution in [1.29, 1.82) is 0 Å². The van der Waals surface area contributed by atoms with Crippen molar-refractivity contribution in [2.75, 3.05) is 27.5 Å². The van der Waals surface area contributed by atoms with Crippen LogP contribution in [-0.2, 0) is 17.3 Å². The lowest BCUT2D eigenvalue weighted by Crippen LogP contribution is -3.10. The molecule has 4 atom stereocenters. The van der Waals surface area contributed by atoms with Gasteiger partial charge in [0, 0.05) is 12.8 Å². The highest BCUT2D eigenvalue weighted by atomic mass is 16.7. The highest BCUT2D eigenvalue weighted by Gasteiger charge is 2.49. The van der Waals surface area contributed by atoms with Gasteiger partial charge in [-0.2, -0.15) is 0 Å². The molecule has 1 unspecified atom stereocenters. The van der Waals surface area contributed by atoms with Gasteiger partial charge >= 0.3 is 0 Å². The van der Waals surface area contributed by atoms with Crippen LogP contribution >= 0.6 is 0 Å². The van der Waals surface area contributed by atoms with E-state index in [1.807, 2.05) is 0 Å². The third-order valence-electron chi connectivity index (χ3n) is 9.46. The Morgan fingerprint density at radius 1 is 1.12 bits per heavy atom. The lowest BCUT2D eigenvalue weighted by atomic mass is 9.71. The number of aliphatic hydroxyl groups is 1. The molecule has 0 fully saturated rings. The molecule has 0 spiro atoms. The summed E-state index contributed by atoms with van der Waals surface area (Å²) in [5.41, 5.74) is 7.63. The molecule has 3 aliphatic rings. The van der Waals surface area contributed by atoms with E-state index in [1.165, 1.54) is 27.2 Å². The summed E-state index contributed by atoms with van der Waals surface area (Å²) in [6, 6.07) is 6.86. The molecule has 2 aromatic rings. The normalized spacial score (nSPS) is 26.7. The van der Waals surface area contributed by atoms with E-state index < -0.39 is 6.10 Å². The number of ether oxygens (including phenoxy) is 3. The first-order valence-corrected chi connectivity index (χ1v) is 12.6. The number of aliphatic hydroxyl groups excluding tert-OH is 1. The maximum Gasteiger partial charge on any atom is 0.231 e. The number of methoxy groups -OCH3 is 1. The van der Waals surface area contributed by atoms with Crippen LogP contribution in [0.3, 0.4) is 0 Å². The van der Waals surface area contributed by atoms with Gasteiger partial charge in [-0.3, -0.25) is 0 Å². The van der Waals surface area contributed by atoms with Crippen molar-refractivity contribution in [3.63, 3.8) is 0 Å². The zero-order valence-electron chi connectivity index (χ0n) is 22.0. The Kier molecular flexibility index (Phi) is 5.45. The van der Waals surface area contributed by atoms with E-state index in [4.69, 9.17) is 14.2 Å². The van der Waals surface area contributed by atoms with E-state index in [9.17, 15) is 5.11 Å². The molecule has 5 nitrogen and oxygen atoms in total. The van der Waals surface area contributed by atoms with E-state index in [0.29, 0.717) is 18.1 Å². The van der Waals surface area contributed by atoms with Gasteiger partial charge in [-0.25, -0.2) is 0 Å². The van der Waals surface area contributed by atoms with Crippen LogP contribution in [0.4, 0.5) is 0 Å². The zero-order chi connectivity index (χ0) is 24.6. The number of hydrogen-bond donors (Lipinski definition) is 2. The van der Waals surface area contributed by atoms with Crippen LogP contribution in [0, 0.1) is 12.8 Å². The molecule has 2 aliphatic heterocycles. The van der Waals surface area contributed by atoms with Gasteiger partial charge in [0.25, 0.3) is 0 Å². The number of likely N-dealkylation sites (N-methyl/N-ethyl adjacent to an activating group) is 1. The van der Waals surface area contributed by atoms with Crippen LogP contribution < -0.4 is 19.1 Å². The highest BCUT2D eigenvalue weighted by Crippen LogP contribution is 2.55. The lowest BCUT2D eigenvalue weighted by molar-refractivity contribution is -0.915. The van der Waals surface area contributed by atoms with Crippen LogP contribution in [0.5, 0.6) is 17.2 Å². The van der Waals surface area contributed by atoms with Crippen LogP contribution in [0.25, 0.3) is 0 Å². The molecule has 0 bridgehead atoms. The molecule has 0 saturated heterocycles. The summed E-state index contributed by atoms with van der Waals surface area (Å²) in [5, 5.41) is 11.6. The molecular formula is C29H40NO4+. The minimum atomic E-state index is -0.554. The number of nitrogens with one attached hydrogen (secondary N) is 1. The highest BCUT2D eigenvalue weighted by molar-refractivity contribution is 5.61. The van der Waals surface area contributed by atoms with Gasteiger partial charge in [0.05, 0.1) is 32.4 Å². The van der Waals surface area contributed by atoms with Gasteiger partial charge in [0.1, 0.15) is 6.04 Å². The average Bonchev–Trinajstić information content (AvgIpc) is 3.30. The molecule has 0 amide bonds. The van der Waals surface area contributed by atoms with Gasteiger partial charge in [-0.15, -0.1) is 0 Å². The summed E-state index contributed by atoms with van der Waals surface area (Å²) >= 11 is 0. The minimum Gasteiger partial charge on any atom is -0.492 e. The number of rotatable bonds is 4. The van der Waals surface area contributed by atoms with E-state index in [0.717, 1.165) is 35.6 Å². The number of fused-ring (bicyclic) bond motifs is 3. The topological polar surface area (TPSA) is 52.4 Å². The van der Waals surface area contributed by atoms with Crippen molar-refractivity contribution in [3.05, 3.63) is 51.6 Å². The standard InChI is InChI=1S/C29H39NO4/c1-16-11-20-21(29(5,6)17(2)28(20,3)4)13-19(16)23(31)14-22-25-18(9-10-30(22)7)12-24-26(27(25)32-8)34-15-33-24/h11-13,17,22-23,31H,9-10,14-15H2,1-8H3/p+1/t17-,22-,23+/m1/s1. The first kappa shape index (κ1) is 23.5. The first-order valence-electron chi connectivity index (χ1n) is 12.6. The zero-order valence-corrected chi connectivity index (χ0v) is 22.0. The minimum absolute atomic E-state index is 0.0710. The lowest BCUT2D eigenvalue weighted by Gasteiger charge is -2.34. The Morgan fingerprint density at radius 2 is 1.79 bits per heavy atom. The Hall–Kier alpha value is -2.24. The van der Waals surface area contributed by atoms with Crippen LogP contribution in [0.15, 0.2) is 18.2 Å². The molecule has 0 radical (unpaired) electrons. The Labute approximate surface area is 204 Å². The number of aryl methyl sites for hydroxylation is 1. The van der Waals surface area contributed by atoms with Gasteiger partial charge in [0.2, 0.25) is 12.5 Å². The monoisotopic (exact) mass is 466 g/mol. The summed E-state index contributed by atoms with van der Waals surface area (Å²) in [4.78, 5) is 1.39. The molecule has 2 N–H and O–H groups in total. The summed E-state index contributed by atoms with van der Waals surface area (Å²) < 4.78 is 17.3. The van der Waals surface area contributed by atoms with Gasteiger partial charge in [-0.1, -0.05) is 46.8 Å². The molecule has 184 valence electrons. The molecule has 2 aromatic carbocycles. The van der Waals surface area contributed by atoms with Crippen LogP contribution in [-0.4, -0.2) is 32.6 Å². The molecule has 0 saturated carbocycles. The van der Waals surface area contributed by atoms with Gasteiger partial charge in [-0.05, 0) is 57.6 Å². The fourth-order valence-electron chi connectivity index (χ4n) is 6.81. The number of quaternary nitrogens is 1. The molecule has 34 heavy (non-hydrogen) atoms. The van der Waals surface area contributed by atoms with Gasteiger partial charge < -0.3 is 24.2 Å². The fourth-order valence-corrected chi connectivity index (χ4v) is 6.81. The molecule has 5 rings (SSSR count). The number of benzene rings is 2. The van der Waals surface area contributed by atoms with Crippen molar-refractivity contribution in [2.45, 2.75) is 77.4 Å². The molecular weight excluding hydrogens is 426 g/mol. The summed E-state index contributed by atoms with van der Waals surface area (Å²) in [6.45, 7) is 15.1. The summed E-state index contributed by atoms with van der Waals surface area (Å²) in [6.07, 6.45) is 1.04.